The predicted octanol–water partition coefficient (Wildman–Crippen LogP) is 4.04. The van der Waals surface area contributed by atoms with E-state index in [0.717, 1.165) is 12.1 Å². The number of hydrogen-bond acceptors (Lipinski definition) is 3. The number of rotatable bonds is 7. The van der Waals surface area contributed by atoms with Crippen LogP contribution in [-0.2, 0) is 4.79 Å². The predicted molar refractivity (Wildman–Crippen MR) is 90.2 cm³/mol. The topological polar surface area (TPSA) is 58.2 Å². The van der Waals surface area contributed by atoms with Crippen molar-refractivity contribution in [2.24, 2.45) is 0 Å². The molecule has 0 aliphatic carbocycles. The first-order valence-electron chi connectivity index (χ1n) is 7.43. The number of thioether (sulfide) groups is 1. The molecule has 0 aromatic heterocycles. The Labute approximate surface area is 151 Å². The van der Waals surface area contributed by atoms with E-state index in [4.69, 9.17) is 0 Å². The highest BCUT2D eigenvalue weighted by Gasteiger charge is 2.12. The molecule has 2 rings (SSSR count). The molecule has 2 aromatic carbocycles. The summed E-state index contributed by atoms with van der Waals surface area (Å²) >= 11 is 0.395. The number of nitrogens with one attached hydrogen (secondary N) is 2. The van der Waals surface area contributed by atoms with Crippen molar-refractivity contribution in [3.63, 3.8) is 0 Å². The second-order valence-corrected chi connectivity index (χ2v) is 6.14. The van der Waals surface area contributed by atoms with E-state index in [1.807, 2.05) is 0 Å². The number of halogens is 4. The molecule has 2 N–H and O–H groups in total. The molecule has 0 aliphatic rings. The number of carbonyl (C=O) groups excluding carboxylic acids is 2. The lowest BCUT2D eigenvalue weighted by atomic mass is 10.2. The molecule has 0 unspecified atom stereocenters. The van der Waals surface area contributed by atoms with E-state index in [2.05, 4.69) is 10.6 Å². The van der Waals surface area contributed by atoms with Gasteiger partial charge < -0.3 is 10.6 Å². The van der Waals surface area contributed by atoms with Crippen molar-refractivity contribution in [3.8, 4) is 0 Å². The Balaban J connectivity index is 1.79. The zero-order valence-electron chi connectivity index (χ0n) is 13.3. The summed E-state index contributed by atoms with van der Waals surface area (Å²) in [6.07, 6.45) is -0.0813. The second-order valence-electron chi connectivity index (χ2n) is 5.08. The van der Waals surface area contributed by atoms with Crippen LogP contribution in [0.15, 0.2) is 47.4 Å². The first-order chi connectivity index (χ1) is 12.3. The Kier molecular flexibility index (Phi) is 7.02. The average molecular weight is 386 g/mol. The summed E-state index contributed by atoms with van der Waals surface area (Å²) in [5.74, 6) is -5.49. The number of hydrogen-bond donors (Lipinski definition) is 2. The van der Waals surface area contributed by atoms with Gasteiger partial charge >= 0.3 is 0 Å². The molecule has 0 bridgehead atoms. The van der Waals surface area contributed by atoms with Crippen molar-refractivity contribution in [3.05, 3.63) is 59.7 Å². The van der Waals surface area contributed by atoms with Crippen LogP contribution in [0.5, 0.6) is 0 Å². The molecule has 26 heavy (non-hydrogen) atoms. The van der Waals surface area contributed by atoms with Gasteiger partial charge in [-0.2, -0.15) is 8.78 Å². The van der Waals surface area contributed by atoms with Gasteiger partial charge in [-0.25, -0.2) is 8.78 Å². The van der Waals surface area contributed by atoms with Crippen molar-refractivity contribution in [1.29, 1.82) is 0 Å². The van der Waals surface area contributed by atoms with Gasteiger partial charge in [0.1, 0.15) is 11.6 Å². The van der Waals surface area contributed by atoms with Crippen molar-refractivity contribution >= 4 is 29.3 Å². The maximum absolute atomic E-state index is 13.5. The van der Waals surface area contributed by atoms with Gasteiger partial charge in [-0.3, -0.25) is 9.59 Å². The average Bonchev–Trinajstić information content (AvgIpc) is 2.56. The molecule has 9 heteroatoms. The van der Waals surface area contributed by atoms with Crippen molar-refractivity contribution in [1.82, 2.24) is 5.32 Å². The highest BCUT2D eigenvalue weighted by atomic mass is 32.2. The van der Waals surface area contributed by atoms with E-state index in [0.29, 0.717) is 28.4 Å². The number of benzene rings is 2. The molecule has 0 spiro atoms. The van der Waals surface area contributed by atoms with E-state index in [-0.39, 0.29) is 18.5 Å². The van der Waals surface area contributed by atoms with E-state index in [1.165, 1.54) is 24.3 Å². The van der Waals surface area contributed by atoms with Gasteiger partial charge in [-0.1, -0.05) is 11.8 Å². The van der Waals surface area contributed by atoms with Gasteiger partial charge in [0.15, 0.2) is 0 Å². The Morgan fingerprint density at radius 2 is 1.73 bits per heavy atom. The summed E-state index contributed by atoms with van der Waals surface area (Å²) in [5.41, 5.74) is 0.100. The van der Waals surface area contributed by atoms with Crippen molar-refractivity contribution < 1.29 is 27.2 Å². The number of alkyl halides is 2. The van der Waals surface area contributed by atoms with Gasteiger partial charge in [0.05, 0.1) is 5.56 Å². The maximum atomic E-state index is 13.5. The van der Waals surface area contributed by atoms with Crippen LogP contribution in [0.1, 0.15) is 16.8 Å². The Morgan fingerprint density at radius 3 is 2.35 bits per heavy atom. The second kappa shape index (κ2) is 9.23. The quantitative estimate of drug-likeness (QED) is 0.558. The standard InChI is InChI=1S/C17H14F4N2O2S/c18-10-1-6-13(14(19)9-10)16(25)22-8-7-15(24)23-11-2-4-12(5-3-11)26-17(20)21/h1-6,9,17H,7-8H2,(H,22,25)(H,23,24). The zero-order chi connectivity index (χ0) is 19.1. The minimum absolute atomic E-state index is 0.0548. The van der Waals surface area contributed by atoms with E-state index in [9.17, 15) is 27.2 Å². The normalized spacial score (nSPS) is 10.7. The molecular weight excluding hydrogens is 372 g/mol. The van der Waals surface area contributed by atoms with E-state index in [1.54, 1.807) is 0 Å². The molecule has 2 amide bonds. The van der Waals surface area contributed by atoms with Gasteiger partial charge in [0, 0.05) is 29.6 Å². The van der Waals surface area contributed by atoms with Crippen LogP contribution in [0.2, 0.25) is 0 Å². The lowest BCUT2D eigenvalue weighted by Gasteiger charge is -2.08. The third-order valence-electron chi connectivity index (χ3n) is 3.18. The van der Waals surface area contributed by atoms with E-state index >= 15 is 0 Å². The molecule has 0 saturated carbocycles. The van der Waals surface area contributed by atoms with Crippen molar-refractivity contribution in [2.45, 2.75) is 17.1 Å². The lowest BCUT2D eigenvalue weighted by molar-refractivity contribution is -0.116. The summed E-state index contributed by atoms with van der Waals surface area (Å²) in [7, 11) is 0. The molecule has 0 fully saturated rings. The van der Waals surface area contributed by atoms with E-state index < -0.39 is 29.2 Å². The SMILES string of the molecule is O=C(CCNC(=O)c1ccc(F)cc1F)Nc1ccc(SC(F)F)cc1. The summed E-state index contributed by atoms with van der Waals surface area (Å²) < 4.78 is 50.7. The van der Waals surface area contributed by atoms with Crippen LogP contribution in [-0.4, -0.2) is 24.1 Å². The Bertz CT molecular complexity index is 785. The van der Waals surface area contributed by atoms with Crippen molar-refractivity contribution in [2.75, 3.05) is 11.9 Å². The number of carbonyl (C=O) groups is 2. The summed E-state index contributed by atoms with van der Waals surface area (Å²) in [6.45, 7) is -0.0548. The van der Waals surface area contributed by atoms with Gasteiger partial charge in [-0.05, 0) is 36.4 Å². The summed E-state index contributed by atoms with van der Waals surface area (Å²) in [5, 5.41) is 4.90. The summed E-state index contributed by atoms with van der Waals surface area (Å²) in [6, 6.07) is 8.43. The highest BCUT2D eigenvalue weighted by molar-refractivity contribution is 7.99. The minimum Gasteiger partial charge on any atom is -0.351 e. The fourth-order valence-corrected chi connectivity index (χ4v) is 2.50. The van der Waals surface area contributed by atoms with Crippen LogP contribution in [0.4, 0.5) is 23.2 Å². The third-order valence-corrected chi connectivity index (χ3v) is 3.90. The van der Waals surface area contributed by atoms with Gasteiger partial charge in [0.25, 0.3) is 11.7 Å². The fourth-order valence-electron chi connectivity index (χ4n) is 2.00. The number of anilines is 1. The number of amides is 2. The van der Waals surface area contributed by atoms with Crippen LogP contribution < -0.4 is 10.6 Å². The lowest BCUT2D eigenvalue weighted by Crippen LogP contribution is -2.28. The zero-order valence-corrected chi connectivity index (χ0v) is 14.1. The van der Waals surface area contributed by atoms with Gasteiger partial charge in [0.2, 0.25) is 5.91 Å². The molecular formula is C17H14F4N2O2S. The Morgan fingerprint density at radius 1 is 1.04 bits per heavy atom. The molecule has 0 atom stereocenters. The van der Waals surface area contributed by atoms with Crippen LogP contribution in [0, 0.1) is 11.6 Å². The fraction of sp³-hybridized carbons (Fsp3) is 0.176. The highest BCUT2D eigenvalue weighted by Crippen LogP contribution is 2.26. The first kappa shape index (κ1) is 19.8. The van der Waals surface area contributed by atoms with Crippen LogP contribution >= 0.6 is 11.8 Å². The first-order valence-corrected chi connectivity index (χ1v) is 8.31. The Hall–Kier alpha value is -2.55. The molecule has 0 radical (unpaired) electrons. The summed E-state index contributed by atoms with van der Waals surface area (Å²) in [4.78, 5) is 23.9. The molecule has 0 heterocycles. The van der Waals surface area contributed by atoms with Crippen LogP contribution in [0.3, 0.4) is 0 Å². The van der Waals surface area contributed by atoms with Gasteiger partial charge in [-0.15, -0.1) is 0 Å². The monoisotopic (exact) mass is 386 g/mol. The maximum Gasteiger partial charge on any atom is 0.288 e. The molecule has 0 aliphatic heterocycles. The molecule has 0 saturated heterocycles. The third kappa shape index (κ3) is 6.07. The largest absolute Gasteiger partial charge is 0.351 e. The van der Waals surface area contributed by atoms with Crippen LogP contribution in [0.25, 0.3) is 0 Å². The molecule has 138 valence electrons. The minimum atomic E-state index is -2.52. The smallest absolute Gasteiger partial charge is 0.288 e. The molecule has 2 aromatic rings. The molecule has 4 nitrogen and oxygen atoms in total.